The van der Waals surface area contributed by atoms with Crippen molar-refractivity contribution in [3.05, 3.63) is 0 Å². The van der Waals surface area contributed by atoms with Crippen LogP contribution in [0.1, 0.15) is 0 Å². The van der Waals surface area contributed by atoms with E-state index in [0.29, 0.717) is 19.6 Å². The second-order valence-electron chi connectivity index (χ2n) is 1.86. The van der Waals surface area contributed by atoms with Crippen molar-refractivity contribution >= 4 is 10.0 Å². The molecule has 6 heteroatoms. The van der Waals surface area contributed by atoms with Gasteiger partial charge in [0.1, 0.15) is 0 Å². The van der Waals surface area contributed by atoms with E-state index in [1.807, 2.05) is 0 Å². The molecule has 0 atom stereocenters. The number of nitrogens with one attached hydrogen (secondary N) is 2. The second-order valence-corrected chi connectivity index (χ2v) is 3.50. The summed E-state index contributed by atoms with van der Waals surface area (Å²) < 4.78 is 20.4. The van der Waals surface area contributed by atoms with Crippen LogP contribution < -0.4 is 16.2 Å². The summed E-state index contributed by atoms with van der Waals surface area (Å²) in [5.41, 5.74) is 5.12. The van der Waals surface area contributed by atoms with E-state index in [0.717, 1.165) is 0 Å². The molecule has 0 fully saturated rings. The Balaban J connectivity index is 3.21. The van der Waals surface area contributed by atoms with Crippen molar-refractivity contribution in [2.24, 2.45) is 5.73 Å². The van der Waals surface area contributed by atoms with Crippen LogP contribution in [-0.4, -0.2) is 33.8 Å². The van der Waals surface area contributed by atoms with Gasteiger partial charge in [0.05, 0.1) is 5.75 Å². The summed E-state index contributed by atoms with van der Waals surface area (Å²) in [6.45, 7) is 1.39. The maximum Gasteiger partial charge on any atom is 0.226 e. The predicted octanol–water partition coefficient (Wildman–Crippen LogP) is -1.85. The molecular formula is C4H12N3O2S. The van der Waals surface area contributed by atoms with Gasteiger partial charge in [0, 0.05) is 19.6 Å². The fourth-order valence-electron chi connectivity index (χ4n) is 0.434. The van der Waals surface area contributed by atoms with E-state index < -0.39 is 10.0 Å². The molecule has 0 aromatic heterocycles. The monoisotopic (exact) mass is 166 g/mol. The van der Waals surface area contributed by atoms with Gasteiger partial charge in [-0.15, -0.1) is 5.14 Å². The molecule has 0 aliphatic heterocycles. The molecule has 10 heavy (non-hydrogen) atoms. The molecule has 0 saturated carbocycles. The first-order valence-electron chi connectivity index (χ1n) is 2.94. The third kappa shape index (κ3) is 7.83. The van der Waals surface area contributed by atoms with E-state index in [2.05, 4.69) is 5.32 Å². The average Bonchev–Trinajstić information content (AvgIpc) is 1.78. The highest BCUT2D eigenvalue weighted by molar-refractivity contribution is 7.88. The minimum absolute atomic E-state index is 0.146. The summed E-state index contributed by atoms with van der Waals surface area (Å²) in [5.74, 6) is -0.146. The summed E-state index contributed by atoms with van der Waals surface area (Å²) >= 11 is 0. The predicted molar refractivity (Wildman–Crippen MR) is 38.8 cm³/mol. The Morgan fingerprint density at radius 1 is 1.40 bits per heavy atom. The number of rotatable bonds is 5. The Morgan fingerprint density at radius 2 is 2.00 bits per heavy atom. The first-order valence-corrected chi connectivity index (χ1v) is 4.59. The zero-order valence-electron chi connectivity index (χ0n) is 5.63. The molecule has 0 aromatic rings. The fraction of sp³-hybridized carbons (Fsp3) is 1.00. The molecule has 0 aliphatic rings. The molecule has 4 N–H and O–H groups in total. The molecule has 0 amide bonds. The maximum absolute atomic E-state index is 10.2. The van der Waals surface area contributed by atoms with Gasteiger partial charge in [-0.3, -0.25) is 0 Å². The van der Waals surface area contributed by atoms with Gasteiger partial charge in [0.25, 0.3) is 0 Å². The summed E-state index contributed by atoms with van der Waals surface area (Å²) in [6.07, 6.45) is 0. The SMILES string of the molecule is [NH]S(=O)(=O)CCNCCN. The molecule has 0 unspecified atom stereocenters. The zero-order valence-corrected chi connectivity index (χ0v) is 6.45. The van der Waals surface area contributed by atoms with Gasteiger partial charge in [-0.1, -0.05) is 0 Å². The van der Waals surface area contributed by atoms with Crippen molar-refractivity contribution in [2.45, 2.75) is 0 Å². The molecule has 5 nitrogen and oxygen atoms in total. The number of hydrogen-bond acceptors (Lipinski definition) is 4. The van der Waals surface area contributed by atoms with Gasteiger partial charge < -0.3 is 11.1 Å². The molecule has 0 rings (SSSR count). The van der Waals surface area contributed by atoms with Gasteiger partial charge in [-0.25, -0.2) is 8.42 Å². The molecule has 61 valence electrons. The van der Waals surface area contributed by atoms with Crippen LogP contribution in [0.15, 0.2) is 0 Å². The Morgan fingerprint density at radius 3 is 2.40 bits per heavy atom. The lowest BCUT2D eigenvalue weighted by atomic mass is 10.6. The standard InChI is InChI=1S/C4H12N3O2S/c5-1-2-7-3-4-10(6,8)9/h6-7H,1-5H2. The molecular weight excluding hydrogens is 154 g/mol. The largest absolute Gasteiger partial charge is 0.329 e. The van der Waals surface area contributed by atoms with Gasteiger partial charge in [-0.05, 0) is 0 Å². The van der Waals surface area contributed by atoms with E-state index in [-0.39, 0.29) is 5.75 Å². The number of hydrogen-bond donors (Lipinski definition) is 2. The molecule has 1 radical (unpaired) electrons. The Bertz CT molecular complexity index is 165. The molecule has 0 heterocycles. The van der Waals surface area contributed by atoms with Crippen molar-refractivity contribution in [2.75, 3.05) is 25.4 Å². The van der Waals surface area contributed by atoms with E-state index >= 15 is 0 Å². The van der Waals surface area contributed by atoms with Crippen LogP contribution in [0.25, 0.3) is 0 Å². The lowest BCUT2D eigenvalue weighted by Gasteiger charge is -1.98. The van der Waals surface area contributed by atoms with Crippen molar-refractivity contribution in [1.29, 1.82) is 0 Å². The third-order valence-corrected chi connectivity index (χ3v) is 1.61. The van der Waals surface area contributed by atoms with Gasteiger partial charge in [0.15, 0.2) is 0 Å². The number of nitrogens with two attached hydrogens (primary N) is 1. The Hall–Kier alpha value is -0.170. The van der Waals surface area contributed by atoms with Crippen molar-refractivity contribution in [1.82, 2.24) is 10.5 Å². The lowest BCUT2D eigenvalue weighted by Crippen LogP contribution is -2.27. The van der Waals surface area contributed by atoms with Crippen LogP contribution in [0.4, 0.5) is 0 Å². The molecule has 0 bridgehead atoms. The van der Waals surface area contributed by atoms with E-state index in [1.54, 1.807) is 0 Å². The van der Waals surface area contributed by atoms with Crippen LogP contribution >= 0.6 is 0 Å². The van der Waals surface area contributed by atoms with Crippen molar-refractivity contribution in [3.63, 3.8) is 0 Å². The normalized spacial score (nSPS) is 11.8. The Labute approximate surface area is 60.8 Å². The lowest BCUT2D eigenvalue weighted by molar-refractivity contribution is 0.591. The highest BCUT2D eigenvalue weighted by Gasteiger charge is 2.00. The summed E-state index contributed by atoms with van der Waals surface area (Å²) in [7, 11) is -3.56. The van der Waals surface area contributed by atoms with E-state index in [4.69, 9.17) is 10.9 Å². The smallest absolute Gasteiger partial charge is 0.226 e. The first kappa shape index (κ1) is 9.83. The molecule has 0 saturated heterocycles. The number of sulfonamides is 1. The summed E-state index contributed by atoms with van der Waals surface area (Å²) in [6, 6.07) is 0. The van der Waals surface area contributed by atoms with E-state index in [9.17, 15) is 8.42 Å². The minimum atomic E-state index is -3.56. The molecule has 0 aromatic carbocycles. The first-order chi connectivity index (χ1) is 4.56. The zero-order chi connectivity index (χ0) is 8.04. The van der Waals surface area contributed by atoms with Gasteiger partial charge in [0.2, 0.25) is 10.0 Å². The van der Waals surface area contributed by atoms with Crippen LogP contribution in [0.2, 0.25) is 0 Å². The minimum Gasteiger partial charge on any atom is -0.329 e. The Kier molecular flexibility index (Phi) is 4.54. The summed E-state index contributed by atoms with van der Waals surface area (Å²) in [5, 5.41) is 9.24. The maximum atomic E-state index is 10.2. The topological polar surface area (TPSA) is 96.0 Å². The van der Waals surface area contributed by atoms with Crippen LogP contribution in [-0.2, 0) is 10.0 Å². The highest BCUT2D eigenvalue weighted by Crippen LogP contribution is 1.75. The van der Waals surface area contributed by atoms with Crippen LogP contribution in [0.3, 0.4) is 0 Å². The van der Waals surface area contributed by atoms with Gasteiger partial charge >= 0.3 is 0 Å². The van der Waals surface area contributed by atoms with Crippen molar-refractivity contribution in [3.8, 4) is 0 Å². The van der Waals surface area contributed by atoms with Crippen LogP contribution in [0.5, 0.6) is 0 Å². The average molecular weight is 166 g/mol. The summed E-state index contributed by atoms with van der Waals surface area (Å²) in [4.78, 5) is 0. The van der Waals surface area contributed by atoms with E-state index in [1.165, 1.54) is 0 Å². The highest BCUT2D eigenvalue weighted by atomic mass is 32.2. The van der Waals surface area contributed by atoms with Gasteiger partial charge in [-0.2, -0.15) is 0 Å². The quantitative estimate of drug-likeness (QED) is 0.468. The molecule has 0 spiro atoms. The van der Waals surface area contributed by atoms with Crippen LogP contribution in [0, 0.1) is 0 Å². The fourth-order valence-corrected chi connectivity index (χ4v) is 0.847. The second kappa shape index (κ2) is 4.62. The third-order valence-electron chi connectivity index (χ3n) is 0.869. The van der Waals surface area contributed by atoms with Crippen molar-refractivity contribution < 1.29 is 8.42 Å². The molecule has 0 aliphatic carbocycles.